The van der Waals surface area contributed by atoms with Gasteiger partial charge in [-0.25, -0.2) is 5.01 Å². The lowest BCUT2D eigenvalue weighted by Crippen LogP contribution is -2.56. The Morgan fingerprint density at radius 2 is 2.17 bits per heavy atom. The lowest BCUT2D eigenvalue weighted by atomic mass is 9.88. The second kappa shape index (κ2) is 6.24. The molecule has 0 saturated carbocycles. The molecular weight excluding hydrogens is 302 g/mol. The van der Waals surface area contributed by atoms with Crippen LogP contribution in [0, 0.1) is 4.91 Å². The Kier molecular flexibility index (Phi) is 4.37. The number of nitroso groups, excluding NO2 is 1. The Hall–Kier alpha value is -3.26. The molecule has 1 atom stereocenters. The van der Waals surface area contributed by atoms with Gasteiger partial charge in [0.25, 0.3) is 5.91 Å². The Balaban J connectivity index is 2.52. The van der Waals surface area contributed by atoms with Gasteiger partial charge in [0.05, 0.1) is 11.0 Å². The fraction of sp³-hybridized carbons (Fsp3) is 0.308. The molecule has 23 heavy (non-hydrogen) atoms. The molecule has 0 radical (unpaired) electrons. The van der Waals surface area contributed by atoms with Crippen LogP contribution in [0.3, 0.4) is 0 Å². The molecule has 10 heteroatoms. The van der Waals surface area contributed by atoms with E-state index in [9.17, 15) is 14.5 Å². The average molecular weight is 315 g/mol. The summed E-state index contributed by atoms with van der Waals surface area (Å²) in [6.45, 7) is 1.51. The van der Waals surface area contributed by atoms with E-state index in [1.807, 2.05) is 0 Å². The number of hydrogen-bond acceptors (Lipinski definition) is 5. The summed E-state index contributed by atoms with van der Waals surface area (Å²) in [5.74, 6) is -1.19. The third-order valence-corrected chi connectivity index (χ3v) is 3.45. The maximum atomic E-state index is 12.2. The Morgan fingerprint density at radius 3 is 2.83 bits per heavy atom. The minimum Gasteiger partial charge on any atom is -0.287 e. The molecule has 2 amide bonds. The van der Waals surface area contributed by atoms with E-state index >= 15 is 0 Å². The van der Waals surface area contributed by atoms with E-state index < -0.39 is 17.4 Å². The molecule has 0 aromatic heterocycles. The van der Waals surface area contributed by atoms with Crippen LogP contribution in [0.25, 0.3) is 10.4 Å². The number of hydrogen-bond donors (Lipinski definition) is 1. The molecule has 1 heterocycles. The Bertz CT molecular complexity index is 754. The van der Waals surface area contributed by atoms with Crippen molar-refractivity contribution in [2.75, 3.05) is 7.05 Å². The molecule has 118 valence electrons. The molecule has 10 nitrogen and oxygen atoms in total. The van der Waals surface area contributed by atoms with Crippen LogP contribution >= 0.6 is 0 Å². The summed E-state index contributed by atoms with van der Waals surface area (Å²) in [6, 6.07) is 6.42. The maximum Gasteiger partial charge on any atom is 0.269 e. The van der Waals surface area contributed by atoms with Gasteiger partial charge in [-0.15, -0.1) is 4.91 Å². The van der Waals surface area contributed by atoms with Crippen molar-refractivity contribution in [3.63, 3.8) is 0 Å². The van der Waals surface area contributed by atoms with Gasteiger partial charge in [0.2, 0.25) is 5.91 Å². The molecule has 1 aliphatic heterocycles. The molecule has 0 fully saturated rings. The number of nitrogens with one attached hydrogen (secondary N) is 1. The van der Waals surface area contributed by atoms with Crippen molar-refractivity contribution in [1.29, 1.82) is 0 Å². The second-order valence-corrected chi connectivity index (χ2v) is 5.13. The van der Waals surface area contributed by atoms with Crippen molar-refractivity contribution in [3.05, 3.63) is 50.7 Å². The lowest BCUT2D eigenvalue weighted by Gasteiger charge is -2.34. The van der Waals surface area contributed by atoms with E-state index in [1.165, 1.54) is 20.0 Å². The normalized spacial score (nSPS) is 20.3. The third kappa shape index (κ3) is 3.01. The predicted molar refractivity (Wildman–Crippen MR) is 81.2 cm³/mol. The summed E-state index contributed by atoms with van der Waals surface area (Å²) in [5.41, 5.74) is 10.4. The Labute approximate surface area is 130 Å². The number of azide groups is 1. The molecule has 0 spiro atoms. The molecule has 1 unspecified atom stereocenters. The van der Waals surface area contributed by atoms with Gasteiger partial charge in [-0.2, -0.15) is 5.10 Å². The van der Waals surface area contributed by atoms with Gasteiger partial charge >= 0.3 is 0 Å². The summed E-state index contributed by atoms with van der Waals surface area (Å²) in [7, 11) is 1.43. The first-order valence-electron chi connectivity index (χ1n) is 6.57. The molecule has 0 bridgehead atoms. The summed E-state index contributed by atoms with van der Waals surface area (Å²) in [5, 5.41) is 10.9. The van der Waals surface area contributed by atoms with Crippen molar-refractivity contribution in [1.82, 2.24) is 10.4 Å². The summed E-state index contributed by atoms with van der Waals surface area (Å²) >= 11 is 0. The first-order valence-corrected chi connectivity index (χ1v) is 6.57. The van der Waals surface area contributed by atoms with Gasteiger partial charge < -0.3 is 0 Å². The topological polar surface area (TPSA) is 140 Å². The standard InChI is InChI=1S/C13H13N7O3/c1-13(17-19-23)7-10(16-20(2)12(13)22)8-5-3-4-6-9(8)11(21)15-18-14/h3-6H,7H2,1-2H3,(H,17,23). The van der Waals surface area contributed by atoms with Crippen molar-refractivity contribution in [2.24, 2.45) is 15.5 Å². The van der Waals surface area contributed by atoms with Crippen LogP contribution in [0.5, 0.6) is 0 Å². The zero-order valence-corrected chi connectivity index (χ0v) is 12.4. The molecule has 1 aromatic carbocycles. The summed E-state index contributed by atoms with van der Waals surface area (Å²) in [6.07, 6.45) is 0.0441. The number of hydrazone groups is 1. The number of benzene rings is 1. The Morgan fingerprint density at radius 1 is 1.48 bits per heavy atom. The van der Waals surface area contributed by atoms with E-state index in [4.69, 9.17) is 5.53 Å². The van der Waals surface area contributed by atoms with Crippen LogP contribution in [0.4, 0.5) is 0 Å². The number of rotatable bonds is 4. The predicted octanol–water partition coefficient (Wildman–Crippen LogP) is 1.73. The monoisotopic (exact) mass is 315 g/mol. The minimum absolute atomic E-state index is 0.0441. The van der Waals surface area contributed by atoms with Crippen LogP contribution < -0.4 is 5.43 Å². The van der Waals surface area contributed by atoms with Gasteiger partial charge in [0.15, 0.2) is 0 Å². The number of likely N-dealkylation sites (N-methyl/N-ethyl adjacent to an activating group) is 1. The number of nitrogens with zero attached hydrogens (tertiary/aromatic N) is 6. The third-order valence-electron chi connectivity index (χ3n) is 3.45. The second-order valence-electron chi connectivity index (χ2n) is 5.13. The largest absolute Gasteiger partial charge is 0.287 e. The van der Waals surface area contributed by atoms with Gasteiger partial charge in [-0.3, -0.25) is 15.0 Å². The average Bonchev–Trinajstić information content (AvgIpc) is 2.53. The highest BCUT2D eigenvalue weighted by Crippen LogP contribution is 2.25. The van der Waals surface area contributed by atoms with E-state index in [2.05, 4.69) is 25.8 Å². The summed E-state index contributed by atoms with van der Waals surface area (Å²) < 4.78 is 0. The van der Waals surface area contributed by atoms with Crippen molar-refractivity contribution in [2.45, 2.75) is 18.9 Å². The highest BCUT2D eigenvalue weighted by Gasteiger charge is 2.41. The van der Waals surface area contributed by atoms with E-state index in [1.54, 1.807) is 18.2 Å². The smallest absolute Gasteiger partial charge is 0.269 e. The fourth-order valence-corrected chi connectivity index (χ4v) is 2.38. The molecular formula is C13H13N7O3. The fourth-order valence-electron chi connectivity index (χ4n) is 2.38. The van der Waals surface area contributed by atoms with Gasteiger partial charge in [0.1, 0.15) is 5.54 Å². The quantitative estimate of drug-likeness (QED) is 0.297. The molecule has 1 aromatic rings. The molecule has 2 rings (SSSR count). The molecule has 1 aliphatic rings. The zero-order chi connectivity index (χ0) is 17.0. The summed E-state index contributed by atoms with van der Waals surface area (Å²) in [4.78, 5) is 37.1. The number of carbonyl (C=O) groups excluding carboxylic acids is 2. The van der Waals surface area contributed by atoms with Gasteiger partial charge in [0, 0.05) is 29.5 Å². The SMILES string of the molecule is CN1N=C(c2ccccc2C(=O)N=[N+]=[N-])CC(C)(NN=O)C1=O. The van der Waals surface area contributed by atoms with Crippen LogP contribution in [0.1, 0.15) is 29.3 Å². The van der Waals surface area contributed by atoms with Gasteiger partial charge in [-0.05, 0) is 17.6 Å². The maximum absolute atomic E-state index is 12.2. The minimum atomic E-state index is -1.28. The molecule has 0 saturated heterocycles. The van der Waals surface area contributed by atoms with Crippen molar-refractivity contribution < 1.29 is 9.59 Å². The lowest BCUT2D eigenvalue weighted by molar-refractivity contribution is -0.137. The van der Waals surface area contributed by atoms with Crippen LogP contribution in [0.2, 0.25) is 0 Å². The van der Waals surface area contributed by atoms with Crippen LogP contribution in [-0.2, 0) is 4.79 Å². The molecule has 1 N–H and O–H groups in total. The first-order chi connectivity index (χ1) is 10.9. The van der Waals surface area contributed by atoms with Crippen LogP contribution in [-0.4, -0.2) is 35.1 Å². The van der Waals surface area contributed by atoms with E-state index in [0.29, 0.717) is 11.3 Å². The first kappa shape index (κ1) is 16.1. The highest BCUT2D eigenvalue weighted by atomic mass is 16.3. The van der Waals surface area contributed by atoms with E-state index in [0.717, 1.165) is 5.01 Å². The zero-order valence-electron chi connectivity index (χ0n) is 12.4. The number of carbonyl (C=O) groups is 2. The van der Waals surface area contributed by atoms with Crippen LogP contribution in [0.15, 0.2) is 39.8 Å². The van der Waals surface area contributed by atoms with Gasteiger partial charge in [-0.1, -0.05) is 24.3 Å². The van der Waals surface area contributed by atoms with Crippen molar-refractivity contribution in [3.8, 4) is 0 Å². The van der Waals surface area contributed by atoms with E-state index in [-0.39, 0.29) is 12.0 Å². The highest BCUT2D eigenvalue weighted by molar-refractivity contribution is 6.13. The number of amides is 2. The molecule has 0 aliphatic carbocycles. The van der Waals surface area contributed by atoms with Crippen molar-refractivity contribution >= 4 is 17.5 Å².